The number of nitrogens with two attached hydrogens (primary N) is 1. The van der Waals surface area contributed by atoms with E-state index in [0.717, 1.165) is 0 Å². The maximum atomic E-state index is 11.0. The molecule has 0 saturated heterocycles. The molecule has 0 radical (unpaired) electrons. The Balaban J connectivity index is 0. The second-order valence-electron chi connectivity index (χ2n) is 4.73. The van der Waals surface area contributed by atoms with Gasteiger partial charge in [-0.05, 0) is 27.7 Å². The molecule has 0 aliphatic rings. The van der Waals surface area contributed by atoms with E-state index in [1.54, 1.807) is 0 Å². The molecule has 2 amide bonds. The zero-order valence-electron chi connectivity index (χ0n) is 12.9. The first-order chi connectivity index (χ1) is 9.33. The Labute approximate surface area is 121 Å². The number of aliphatic hydroxyl groups excluding tert-OH is 1. The SMILES string of the molecule is CC(C)NC(=O)CCOCCO.CC(C)NC(=O)CN. The summed E-state index contributed by atoms with van der Waals surface area (Å²) >= 11 is 0. The van der Waals surface area contributed by atoms with Gasteiger partial charge >= 0.3 is 0 Å². The lowest BCUT2D eigenvalue weighted by Crippen LogP contribution is -2.35. The van der Waals surface area contributed by atoms with Crippen molar-refractivity contribution in [2.45, 2.75) is 46.2 Å². The van der Waals surface area contributed by atoms with Gasteiger partial charge in [-0.25, -0.2) is 0 Å². The van der Waals surface area contributed by atoms with Crippen LogP contribution in [-0.2, 0) is 14.3 Å². The molecule has 20 heavy (non-hydrogen) atoms. The normalized spacial score (nSPS) is 10.0. The van der Waals surface area contributed by atoms with Crippen molar-refractivity contribution >= 4 is 11.8 Å². The fraction of sp³-hybridized carbons (Fsp3) is 0.846. The maximum Gasteiger partial charge on any atom is 0.233 e. The van der Waals surface area contributed by atoms with Crippen LogP contribution in [0.1, 0.15) is 34.1 Å². The second-order valence-corrected chi connectivity index (χ2v) is 4.73. The largest absolute Gasteiger partial charge is 0.394 e. The van der Waals surface area contributed by atoms with Gasteiger partial charge in [0.2, 0.25) is 11.8 Å². The number of ether oxygens (including phenoxy) is 1. The van der Waals surface area contributed by atoms with Crippen LogP contribution in [0.4, 0.5) is 0 Å². The van der Waals surface area contributed by atoms with Crippen LogP contribution in [0.2, 0.25) is 0 Å². The van der Waals surface area contributed by atoms with E-state index < -0.39 is 0 Å². The minimum Gasteiger partial charge on any atom is -0.394 e. The van der Waals surface area contributed by atoms with Gasteiger partial charge in [0.05, 0.1) is 26.4 Å². The zero-order chi connectivity index (χ0) is 16.0. The predicted octanol–water partition coefficient (Wildman–Crippen LogP) is -0.620. The molecule has 7 nitrogen and oxygen atoms in total. The van der Waals surface area contributed by atoms with E-state index in [1.165, 1.54) is 0 Å². The van der Waals surface area contributed by atoms with Crippen LogP contribution in [0, 0.1) is 0 Å². The summed E-state index contributed by atoms with van der Waals surface area (Å²) in [6.07, 6.45) is 0.359. The molecule has 0 fully saturated rings. The smallest absolute Gasteiger partial charge is 0.233 e. The minimum absolute atomic E-state index is 0.00575. The molecule has 0 bridgehead atoms. The van der Waals surface area contributed by atoms with Crippen LogP contribution in [0.3, 0.4) is 0 Å². The second kappa shape index (κ2) is 14.2. The Bertz CT molecular complexity index is 258. The summed E-state index contributed by atoms with van der Waals surface area (Å²) in [7, 11) is 0. The molecule has 0 spiro atoms. The molecule has 120 valence electrons. The fourth-order valence-electron chi connectivity index (χ4n) is 1.11. The fourth-order valence-corrected chi connectivity index (χ4v) is 1.11. The molecule has 0 aromatic carbocycles. The molecular weight excluding hydrogens is 262 g/mol. The van der Waals surface area contributed by atoms with Crippen LogP contribution < -0.4 is 16.4 Å². The molecule has 0 heterocycles. The van der Waals surface area contributed by atoms with Crippen molar-refractivity contribution in [2.24, 2.45) is 5.73 Å². The Morgan fingerprint density at radius 3 is 1.90 bits per heavy atom. The van der Waals surface area contributed by atoms with Gasteiger partial charge in [0.1, 0.15) is 0 Å². The zero-order valence-corrected chi connectivity index (χ0v) is 12.9. The molecule has 0 aliphatic carbocycles. The van der Waals surface area contributed by atoms with E-state index >= 15 is 0 Å². The highest BCUT2D eigenvalue weighted by molar-refractivity contribution is 5.77. The number of amides is 2. The van der Waals surface area contributed by atoms with Crippen molar-refractivity contribution in [1.29, 1.82) is 0 Å². The van der Waals surface area contributed by atoms with Crippen LogP contribution >= 0.6 is 0 Å². The molecule has 0 rings (SSSR count). The van der Waals surface area contributed by atoms with Crippen molar-refractivity contribution in [1.82, 2.24) is 10.6 Å². The van der Waals surface area contributed by atoms with Gasteiger partial charge in [-0.1, -0.05) is 0 Å². The number of carbonyl (C=O) groups excluding carboxylic acids is 2. The van der Waals surface area contributed by atoms with E-state index in [-0.39, 0.29) is 37.0 Å². The van der Waals surface area contributed by atoms with E-state index in [2.05, 4.69) is 10.6 Å². The summed E-state index contributed by atoms with van der Waals surface area (Å²) in [6, 6.07) is 0.376. The number of aliphatic hydroxyl groups is 1. The molecular formula is C13H29N3O4. The number of nitrogens with one attached hydrogen (secondary N) is 2. The third-order valence-electron chi connectivity index (χ3n) is 1.79. The topological polar surface area (TPSA) is 114 Å². The molecule has 0 unspecified atom stereocenters. The van der Waals surface area contributed by atoms with Crippen molar-refractivity contribution in [3.63, 3.8) is 0 Å². The summed E-state index contributed by atoms with van der Waals surface area (Å²) in [6.45, 7) is 8.37. The Morgan fingerprint density at radius 2 is 1.55 bits per heavy atom. The van der Waals surface area contributed by atoms with Gasteiger partial charge in [0.15, 0.2) is 0 Å². The van der Waals surface area contributed by atoms with E-state index in [9.17, 15) is 9.59 Å². The number of hydrogen-bond acceptors (Lipinski definition) is 5. The van der Waals surface area contributed by atoms with E-state index in [1.807, 2.05) is 27.7 Å². The van der Waals surface area contributed by atoms with Crippen LogP contribution in [-0.4, -0.2) is 55.4 Å². The molecule has 7 heteroatoms. The molecule has 0 aromatic rings. The number of carbonyl (C=O) groups is 2. The van der Waals surface area contributed by atoms with E-state index in [4.69, 9.17) is 15.6 Å². The van der Waals surface area contributed by atoms with Crippen LogP contribution in [0.5, 0.6) is 0 Å². The van der Waals surface area contributed by atoms with Crippen molar-refractivity contribution < 1.29 is 19.4 Å². The summed E-state index contributed by atoms with van der Waals surface area (Å²) in [5.74, 6) is -0.108. The lowest BCUT2D eigenvalue weighted by Gasteiger charge is -2.07. The summed E-state index contributed by atoms with van der Waals surface area (Å²) in [4.78, 5) is 21.3. The average Bonchev–Trinajstić information content (AvgIpc) is 2.33. The highest BCUT2D eigenvalue weighted by atomic mass is 16.5. The summed E-state index contributed by atoms with van der Waals surface area (Å²) in [5, 5.41) is 13.7. The van der Waals surface area contributed by atoms with Gasteiger partial charge in [-0.2, -0.15) is 0 Å². The minimum atomic E-state index is -0.0972. The Kier molecular flexibility index (Phi) is 15.0. The average molecular weight is 291 g/mol. The molecule has 5 N–H and O–H groups in total. The summed E-state index contributed by atoms with van der Waals surface area (Å²) < 4.78 is 4.92. The quantitative estimate of drug-likeness (QED) is 0.445. The Hall–Kier alpha value is -1.18. The van der Waals surface area contributed by atoms with Gasteiger partial charge in [-0.3, -0.25) is 9.59 Å². The van der Waals surface area contributed by atoms with Crippen LogP contribution in [0.25, 0.3) is 0 Å². The van der Waals surface area contributed by atoms with Gasteiger partial charge in [-0.15, -0.1) is 0 Å². The van der Waals surface area contributed by atoms with Gasteiger partial charge < -0.3 is 26.2 Å². The monoisotopic (exact) mass is 291 g/mol. The lowest BCUT2D eigenvalue weighted by atomic mass is 10.3. The number of hydrogen-bond donors (Lipinski definition) is 4. The van der Waals surface area contributed by atoms with Crippen molar-refractivity contribution in [3.8, 4) is 0 Å². The molecule has 0 aromatic heterocycles. The van der Waals surface area contributed by atoms with Crippen LogP contribution in [0.15, 0.2) is 0 Å². The van der Waals surface area contributed by atoms with Crippen molar-refractivity contribution in [3.05, 3.63) is 0 Å². The molecule has 0 saturated carbocycles. The van der Waals surface area contributed by atoms with E-state index in [0.29, 0.717) is 19.6 Å². The number of rotatable bonds is 8. The first-order valence-corrected chi connectivity index (χ1v) is 6.80. The lowest BCUT2D eigenvalue weighted by molar-refractivity contribution is -0.123. The standard InChI is InChI=1S/C8H17NO3.C5H12N2O/c1-7(2)9-8(11)3-5-12-6-4-10;1-4(2)7-5(8)3-6/h7,10H,3-6H2,1-2H3,(H,9,11);4H,3,6H2,1-2H3,(H,7,8). The maximum absolute atomic E-state index is 11.0. The third-order valence-corrected chi connectivity index (χ3v) is 1.79. The molecule has 0 atom stereocenters. The predicted molar refractivity (Wildman–Crippen MR) is 78.1 cm³/mol. The van der Waals surface area contributed by atoms with Gasteiger partial charge in [0.25, 0.3) is 0 Å². The van der Waals surface area contributed by atoms with Gasteiger partial charge in [0, 0.05) is 18.5 Å². The first kappa shape index (κ1) is 21.1. The molecule has 0 aliphatic heterocycles. The first-order valence-electron chi connectivity index (χ1n) is 6.80. The third kappa shape index (κ3) is 19.2. The Morgan fingerprint density at radius 1 is 1.05 bits per heavy atom. The highest BCUT2D eigenvalue weighted by Gasteiger charge is 2.01. The van der Waals surface area contributed by atoms with Crippen molar-refractivity contribution in [2.75, 3.05) is 26.4 Å². The summed E-state index contributed by atoms with van der Waals surface area (Å²) in [5.41, 5.74) is 5.01. The highest BCUT2D eigenvalue weighted by Crippen LogP contribution is 1.85.